The summed E-state index contributed by atoms with van der Waals surface area (Å²) >= 11 is 0. The van der Waals surface area contributed by atoms with Crippen LogP contribution in [0.25, 0.3) is 0 Å². The van der Waals surface area contributed by atoms with Crippen LogP contribution in [0.3, 0.4) is 0 Å². The number of carboxylic acids is 1. The van der Waals surface area contributed by atoms with Crippen LogP contribution in [0, 0.1) is 5.92 Å². The summed E-state index contributed by atoms with van der Waals surface area (Å²) in [6, 6.07) is 6.52. The third-order valence-electron chi connectivity index (χ3n) is 3.94. The van der Waals surface area contributed by atoms with E-state index in [1.807, 2.05) is 45.0 Å². The lowest BCUT2D eigenvalue weighted by atomic mass is 9.97. The van der Waals surface area contributed by atoms with Crippen molar-refractivity contribution in [2.45, 2.75) is 45.6 Å². The number of carbonyl (C=O) groups is 3. The Kier molecular flexibility index (Phi) is 8.61. The van der Waals surface area contributed by atoms with Crippen molar-refractivity contribution < 1.29 is 24.2 Å². The molecule has 0 saturated carbocycles. The Bertz CT molecular complexity index is 630. The first-order valence-corrected chi connectivity index (χ1v) is 8.65. The molecule has 0 aromatic heterocycles. The van der Waals surface area contributed by atoms with Gasteiger partial charge < -0.3 is 20.5 Å². The van der Waals surface area contributed by atoms with Crippen molar-refractivity contribution in [3.63, 3.8) is 0 Å². The molecule has 7 nitrogen and oxygen atoms in total. The Balaban J connectivity index is 2.47. The van der Waals surface area contributed by atoms with Gasteiger partial charge in [0.15, 0.2) is 0 Å². The van der Waals surface area contributed by atoms with Gasteiger partial charge in [0.05, 0.1) is 13.7 Å². The Hall–Kier alpha value is -2.57. The van der Waals surface area contributed by atoms with Gasteiger partial charge in [-0.2, -0.15) is 0 Å². The van der Waals surface area contributed by atoms with Gasteiger partial charge in [0.1, 0.15) is 11.8 Å². The number of benzene rings is 1. The molecule has 0 aliphatic carbocycles. The lowest BCUT2D eigenvalue weighted by Gasteiger charge is -2.17. The smallest absolute Gasteiger partial charge is 0.326 e. The van der Waals surface area contributed by atoms with Crippen LogP contribution in [0.4, 0.5) is 0 Å². The number of carboxylic acid groups (broad SMARTS) is 1. The third-order valence-corrected chi connectivity index (χ3v) is 3.94. The fourth-order valence-corrected chi connectivity index (χ4v) is 2.53. The highest BCUT2D eigenvalue weighted by Gasteiger charge is 2.21. The van der Waals surface area contributed by atoms with E-state index in [0.29, 0.717) is 6.42 Å². The average molecular weight is 364 g/mol. The first-order valence-electron chi connectivity index (χ1n) is 8.65. The Morgan fingerprint density at radius 2 is 1.85 bits per heavy atom. The normalized spacial score (nSPS) is 13.0. The number of amides is 2. The van der Waals surface area contributed by atoms with Crippen LogP contribution in [0.2, 0.25) is 0 Å². The SMILES string of the molecule is COc1cccc(C(C)CC(=O)NCC(=O)N[C@@H](CC(C)C)C(=O)O)c1. The summed E-state index contributed by atoms with van der Waals surface area (Å²) in [7, 11) is 1.58. The minimum Gasteiger partial charge on any atom is -0.497 e. The van der Waals surface area contributed by atoms with E-state index in [1.165, 1.54) is 0 Å². The van der Waals surface area contributed by atoms with Gasteiger partial charge in [-0.15, -0.1) is 0 Å². The molecule has 2 atom stereocenters. The van der Waals surface area contributed by atoms with Gasteiger partial charge >= 0.3 is 5.97 Å². The van der Waals surface area contributed by atoms with Gasteiger partial charge in [0, 0.05) is 6.42 Å². The third kappa shape index (κ3) is 7.55. The molecule has 144 valence electrons. The monoisotopic (exact) mass is 364 g/mol. The van der Waals surface area contributed by atoms with Crippen LogP contribution in [0.5, 0.6) is 5.75 Å². The summed E-state index contributed by atoms with van der Waals surface area (Å²) in [4.78, 5) is 35.1. The zero-order valence-corrected chi connectivity index (χ0v) is 15.7. The van der Waals surface area contributed by atoms with Gasteiger partial charge in [-0.25, -0.2) is 4.79 Å². The molecule has 0 spiro atoms. The molecule has 7 heteroatoms. The number of methoxy groups -OCH3 is 1. The van der Waals surface area contributed by atoms with Gasteiger partial charge in [0.25, 0.3) is 0 Å². The topological polar surface area (TPSA) is 105 Å². The quantitative estimate of drug-likeness (QED) is 0.588. The largest absolute Gasteiger partial charge is 0.497 e. The van der Waals surface area contributed by atoms with Crippen LogP contribution in [0.15, 0.2) is 24.3 Å². The molecule has 0 fully saturated rings. The summed E-state index contributed by atoms with van der Waals surface area (Å²) < 4.78 is 5.17. The number of hydrogen-bond donors (Lipinski definition) is 3. The number of ether oxygens (including phenoxy) is 1. The lowest BCUT2D eigenvalue weighted by Crippen LogP contribution is -2.46. The van der Waals surface area contributed by atoms with E-state index in [9.17, 15) is 14.4 Å². The minimum absolute atomic E-state index is 0.0409. The second-order valence-electron chi connectivity index (χ2n) is 6.75. The first-order chi connectivity index (χ1) is 12.2. The number of hydrogen-bond acceptors (Lipinski definition) is 4. The average Bonchev–Trinajstić information content (AvgIpc) is 2.59. The van der Waals surface area contributed by atoms with Crippen LogP contribution < -0.4 is 15.4 Å². The molecule has 1 rings (SSSR count). The van der Waals surface area contributed by atoms with E-state index >= 15 is 0 Å². The van der Waals surface area contributed by atoms with Crippen molar-refractivity contribution in [2.24, 2.45) is 5.92 Å². The molecule has 0 aliphatic rings. The standard InChI is InChI=1S/C19H28N2O5/c1-12(2)8-16(19(24)25)21-18(23)11-20-17(22)9-13(3)14-6-5-7-15(10-14)26-4/h5-7,10,12-13,16H,8-9,11H2,1-4H3,(H,20,22)(H,21,23)(H,24,25)/t13?,16-/m0/s1. The summed E-state index contributed by atoms with van der Waals surface area (Å²) in [5.41, 5.74) is 0.965. The molecule has 2 amide bonds. The molecule has 0 bridgehead atoms. The number of carbonyl (C=O) groups excluding carboxylic acids is 2. The molecule has 1 aromatic carbocycles. The van der Waals surface area contributed by atoms with E-state index in [-0.39, 0.29) is 30.7 Å². The Morgan fingerprint density at radius 3 is 2.42 bits per heavy atom. The van der Waals surface area contributed by atoms with Crippen molar-refractivity contribution in [3.8, 4) is 5.75 Å². The number of nitrogens with one attached hydrogen (secondary N) is 2. The minimum atomic E-state index is -1.08. The molecule has 0 saturated heterocycles. The van der Waals surface area contributed by atoms with Gasteiger partial charge in [-0.05, 0) is 36.0 Å². The fraction of sp³-hybridized carbons (Fsp3) is 0.526. The summed E-state index contributed by atoms with van der Waals surface area (Å²) in [5.74, 6) is -1.05. The highest BCUT2D eigenvalue weighted by atomic mass is 16.5. The van der Waals surface area contributed by atoms with E-state index in [4.69, 9.17) is 9.84 Å². The highest BCUT2D eigenvalue weighted by molar-refractivity contribution is 5.88. The summed E-state index contributed by atoms with van der Waals surface area (Å²) in [5, 5.41) is 14.1. The van der Waals surface area contributed by atoms with E-state index in [0.717, 1.165) is 11.3 Å². The van der Waals surface area contributed by atoms with Crippen molar-refractivity contribution in [1.29, 1.82) is 0 Å². The molecule has 0 aliphatic heterocycles. The van der Waals surface area contributed by atoms with Crippen molar-refractivity contribution in [2.75, 3.05) is 13.7 Å². The van der Waals surface area contributed by atoms with Crippen molar-refractivity contribution >= 4 is 17.8 Å². The van der Waals surface area contributed by atoms with Crippen LogP contribution in [-0.2, 0) is 14.4 Å². The van der Waals surface area contributed by atoms with Crippen molar-refractivity contribution in [3.05, 3.63) is 29.8 Å². The molecular weight excluding hydrogens is 336 g/mol. The second-order valence-corrected chi connectivity index (χ2v) is 6.75. The first kappa shape index (κ1) is 21.5. The fourth-order valence-electron chi connectivity index (χ4n) is 2.53. The summed E-state index contributed by atoms with van der Waals surface area (Å²) in [6.07, 6.45) is 0.552. The van der Waals surface area contributed by atoms with E-state index in [2.05, 4.69) is 10.6 Å². The highest BCUT2D eigenvalue weighted by Crippen LogP contribution is 2.22. The molecule has 26 heavy (non-hydrogen) atoms. The molecule has 1 unspecified atom stereocenters. The second kappa shape index (κ2) is 10.4. The number of rotatable bonds is 10. The van der Waals surface area contributed by atoms with Gasteiger partial charge in [-0.3, -0.25) is 9.59 Å². The molecular formula is C19H28N2O5. The molecule has 3 N–H and O–H groups in total. The van der Waals surface area contributed by atoms with Crippen LogP contribution in [0.1, 0.15) is 45.1 Å². The molecule has 0 heterocycles. The predicted molar refractivity (Wildman–Crippen MR) is 98.1 cm³/mol. The maximum atomic E-state index is 12.0. The van der Waals surface area contributed by atoms with Crippen LogP contribution in [-0.4, -0.2) is 42.6 Å². The zero-order chi connectivity index (χ0) is 19.7. The Labute approximate surface area is 154 Å². The maximum Gasteiger partial charge on any atom is 0.326 e. The zero-order valence-electron chi connectivity index (χ0n) is 15.7. The van der Waals surface area contributed by atoms with Gasteiger partial charge in [-0.1, -0.05) is 32.9 Å². The summed E-state index contributed by atoms with van der Waals surface area (Å²) in [6.45, 7) is 5.43. The maximum absolute atomic E-state index is 12.0. The lowest BCUT2D eigenvalue weighted by molar-refractivity contribution is -0.142. The van der Waals surface area contributed by atoms with E-state index in [1.54, 1.807) is 7.11 Å². The van der Waals surface area contributed by atoms with Crippen LogP contribution >= 0.6 is 0 Å². The van der Waals surface area contributed by atoms with Crippen molar-refractivity contribution in [1.82, 2.24) is 10.6 Å². The molecule has 0 radical (unpaired) electrons. The number of aliphatic carboxylic acids is 1. The van der Waals surface area contributed by atoms with E-state index < -0.39 is 17.9 Å². The predicted octanol–water partition coefficient (Wildman–Crippen LogP) is 1.92. The Morgan fingerprint density at radius 1 is 1.15 bits per heavy atom. The molecule has 1 aromatic rings. The van der Waals surface area contributed by atoms with Gasteiger partial charge in [0.2, 0.25) is 11.8 Å².